The maximum Gasteiger partial charge on any atom is 0.119 e. The van der Waals surface area contributed by atoms with Crippen molar-refractivity contribution in [2.24, 2.45) is 11.7 Å². The predicted octanol–water partition coefficient (Wildman–Crippen LogP) is 2.87. The van der Waals surface area contributed by atoms with E-state index in [0.717, 1.165) is 17.9 Å². The number of thiocarbonyl (C=S) groups is 1. The fourth-order valence-electron chi connectivity index (χ4n) is 1.92. The van der Waals surface area contributed by atoms with Crippen LogP contribution in [0.25, 0.3) is 0 Å². The van der Waals surface area contributed by atoms with Gasteiger partial charge < -0.3 is 15.4 Å². The van der Waals surface area contributed by atoms with E-state index in [4.69, 9.17) is 22.7 Å². The first kappa shape index (κ1) is 16.9. The highest BCUT2D eigenvalue weighted by molar-refractivity contribution is 7.80. The second-order valence-corrected chi connectivity index (χ2v) is 6.13. The van der Waals surface area contributed by atoms with Gasteiger partial charge in [0.1, 0.15) is 12.4 Å². The SMILES string of the molecule is CC(C)C(C)N(C)CCOc1ccc(CC(N)=S)cc1. The van der Waals surface area contributed by atoms with E-state index in [1.54, 1.807) is 0 Å². The van der Waals surface area contributed by atoms with Crippen molar-refractivity contribution in [3.63, 3.8) is 0 Å². The molecule has 1 aromatic carbocycles. The van der Waals surface area contributed by atoms with Gasteiger partial charge in [-0.15, -0.1) is 0 Å². The fraction of sp³-hybridized carbons (Fsp3) is 0.562. The molecule has 1 atom stereocenters. The Kier molecular flexibility index (Phi) is 6.96. The first-order valence-corrected chi connectivity index (χ1v) is 7.51. The molecule has 0 aromatic heterocycles. The molecule has 112 valence electrons. The van der Waals surface area contributed by atoms with Crippen molar-refractivity contribution in [3.8, 4) is 5.75 Å². The van der Waals surface area contributed by atoms with Gasteiger partial charge in [-0.3, -0.25) is 0 Å². The summed E-state index contributed by atoms with van der Waals surface area (Å²) < 4.78 is 5.76. The quantitative estimate of drug-likeness (QED) is 0.748. The topological polar surface area (TPSA) is 38.5 Å². The van der Waals surface area contributed by atoms with Crippen molar-refractivity contribution in [3.05, 3.63) is 29.8 Å². The number of benzene rings is 1. The van der Waals surface area contributed by atoms with Crippen LogP contribution >= 0.6 is 12.2 Å². The molecular weight excluding hydrogens is 268 g/mol. The number of likely N-dealkylation sites (N-methyl/N-ethyl adjacent to an activating group) is 1. The Labute approximate surface area is 128 Å². The second-order valence-electron chi connectivity index (χ2n) is 5.60. The van der Waals surface area contributed by atoms with Gasteiger partial charge in [-0.2, -0.15) is 0 Å². The summed E-state index contributed by atoms with van der Waals surface area (Å²) in [6, 6.07) is 8.52. The predicted molar refractivity (Wildman–Crippen MR) is 89.4 cm³/mol. The van der Waals surface area contributed by atoms with Gasteiger partial charge in [0, 0.05) is 19.0 Å². The summed E-state index contributed by atoms with van der Waals surface area (Å²) in [5, 5.41) is 0. The lowest BCUT2D eigenvalue weighted by Crippen LogP contribution is -2.36. The van der Waals surface area contributed by atoms with Crippen molar-refractivity contribution in [2.45, 2.75) is 33.2 Å². The van der Waals surface area contributed by atoms with Gasteiger partial charge in [-0.1, -0.05) is 38.2 Å². The molecule has 4 heteroatoms. The standard InChI is InChI=1S/C16H26N2OS/c1-12(2)13(3)18(4)9-10-19-15-7-5-14(6-8-15)11-16(17)20/h5-8,12-13H,9-11H2,1-4H3,(H2,17,20). The number of nitrogens with two attached hydrogens (primary N) is 1. The molecule has 2 N–H and O–H groups in total. The Morgan fingerprint density at radius 2 is 1.85 bits per heavy atom. The van der Waals surface area contributed by atoms with Crippen molar-refractivity contribution >= 4 is 17.2 Å². The van der Waals surface area contributed by atoms with Crippen LogP contribution in [-0.2, 0) is 6.42 Å². The Bertz CT molecular complexity index is 417. The van der Waals surface area contributed by atoms with Crippen LogP contribution in [0.2, 0.25) is 0 Å². The van der Waals surface area contributed by atoms with Gasteiger partial charge in [-0.25, -0.2) is 0 Å². The Hall–Kier alpha value is -1.13. The normalized spacial score (nSPS) is 12.7. The third-order valence-electron chi connectivity index (χ3n) is 3.67. The van der Waals surface area contributed by atoms with E-state index in [1.807, 2.05) is 24.3 Å². The molecule has 0 radical (unpaired) electrons. The zero-order chi connectivity index (χ0) is 15.1. The first-order valence-electron chi connectivity index (χ1n) is 7.10. The maximum absolute atomic E-state index is 5.76. The molecule has 3 nitrogen and oxygen atoms in total. The molecule has 0 aliphatic heterocycles. The first-order chi connectivity index (χ1) is 9.40. The van der Waals surface area contributed by atoms with Gasteiger partial charge >= 0.3 is 0 Å². The summed E-state index contributed by atoms with van der Waals surface area (Å²) in [6.45, 7) is 8.34. The highest BCUT2D eigenvalue weighted by Gasteiger charge is 2.12. The summed E-state index contributed by atoms with van der Waals surface area (Å²) in [5.74, 6) is 1.54. The summed E-state index contributed by atoms with van der Waals surface area (Å²) in [5.41, 5.74) is 6.64. The van der Waals surface area contributed by atoms with Crippen LogP contribution in [0.1, 0.15) is 26.3 Å². The third kappa shape index (κ3) is 5.88. The maximum atomic E-state index is 5.76. The molecule has 1 aromatic rings. The molecule has 0 bridgehead atoms. The van der Waals surface area contributed by atoms with Gasteiger partial charge in [0.2, 0.25) is 0 Å². The number of hydrogen-bond donors (Lipinski definition) is 1. The number of ether oxygens (including phenoxy) is 1. The minimum absolute atomic E-state index is 0.517. The smallest absolute Gasteiger partial charge is 0.119 e. The van der Waals surface area contributed by atoms with Crippen molar-refractivity contribution < 1.29 is 4.74 Å². The summed E-state index contributed by atoms with van der Waals surface area (Å²) >= 11 is 4.90. The van der Waals surface area contributed by atoms with E-state index < -0.39 is 0 Å². The fourth-order valence-corrected chi connectivity index (χ4v) is 2.09. The highest BCUT2D eigenvalue weighted by Crippen LogP contribution is 2.13. The van der Waals surface area contributed by atoms with E-state index in [9.17, 15) is 0 Å². The molecule has 20 heavy (non-hydrogen) atoms. The van der Waals surface area contributed by atoms with Crippen LogP contribution in [0.4, 0.5) is 0 Å². The molecule has 1 rings (SSSR count). The van der Waals surface area contributed by atoms with E-state index in [0.29, 0.717) is 30.0 Å². The largest absolute Gasteiger partial charge is 0.492 e. The van der Waals surface area contributed by atoms with Crippen LogP contribution < -0.4 is 10.5 Å². The molecule has 0 saturated heterocycles. The van der Waals surface area contributed by atoms with Gasteiger partial charge in [0.25, 0.3) is 0 Å². The molecule has 0 heterocycles. The van der Waals surface area contributed by atoms with Crippen LogP contribution in [0.5, 0.6) is 5.75 Å². The summed E-state index contributed by atoms with van der Waals surface area (Å²) in [4.78, 5) is 2.84. The van der Waals surface area contributed by atoms with E-state index >= 15 is 0 Å². The summed E-state index contributed by atoms with van der Waals surface area (Å²) in [7, 11) is 2.14. The molecule has 0 aliphatic carbocycles. The molecule has 0 aliphatic rings. The average molecular weight is 294 g/mol. The lowest BCUT2D eigenvalue weighted by molar-refractivity contribution is 0.170. The molecule has 0 fully saturated rings. The van der Waals surface area contributed by atoms with Crippen molar-refractivity contribution in [1.29, 1.82) is 0 Å². The van der Waals surface area contributed by atoms with Crippen LogP contribution in [0.15, 0.2) is 24.3 Å². The lowest BCUT2D eigenvalue weighted by atomic mass is 10.1. The Morgan fingerprint density at radius 1 is 1.25 bits per heavy atom. The van der Waals surface area contributed by atoms with Crippen molar-refractivity contribution in [2.75, 3.05) is 20.2 Å². The zero-order valence-corrected chi connectivity index (χ0v) is 13.7. The average Bonchev–Trinajstić information content (AvgIpc) is 2.39. The number of hydrogen-bond acceptors (Lipinski definition) is 3. The van der Waals surface area contributed by atoms with Gasteiger partial charge in [-0.05, 0) is 37.6 Å². The Balaban J connectivity index is 2.37. The molecule has 1 unspecified atom stereocenters. The van der Waals surface area contributed by atoms with Crippen LogP contribution in [0, 0.1) is 5.92 Å². The van der Waals surface area contributed by atoms with Crippen LogP contribution in [0.3, 0.4) is 0 Å². The number of nitrogens with zero attached hydrogens (tertiary/aromatic N) is 1. The molecular formula is C16H26N2OS. The minimum atomic E-state index is 0.517. The van der Waals surface area contributed by atoms with Crippen molar-refractivity contribution in [1.82, 2.24) is 4.90 Å². The number of rotatable bonds is 8. The Morgan fingerprint density at radius 3 is 2.35 bits per heavy atom. The van der Waals surface area contributed by atoms with Gasteiger partial charge in [0.05, 0.1) is 4.99 Å². The zero-order valence-electron chi connectivity index (χ0n) is 12.9. The molecule has 0 saturated carbocycles. The molecule has 0 amide bonds. The van der Waals surface area contributed by atoms with E-state index in [1.165, 1.54) is 0 Å². The second kappa shape index (κ2) is 8.22. The van der Waals surface area contributed by atoms with E-state index in [-0.39, 0.29) is 0 Å². The monoisotopic (exact) mass is 294 g/mol. The van der Waals surface area contributed by atoms with Crippen LogP contribution in [-0.4, -0.2) is 36.1 Å². The molecule has 0 spiro atoms. The lowest BCUT2D eigenvalue weighted by Gasteiger charge is -2.27. The minimum Gasteiger partial charge on any atom is -0.492 e. The summed E-state index contributed by atoms with van der Waals surface area (Å²) in [6.07, 6.45) is 0.643. The van der Waals surface area contributed by atoms with Gasteiger partial charge in [0.15, 0.2) is 0 Å². The van der Waals surface area contributed by atoms with E-state index in [2.05, 4.69) is 32.7 Å². The highest BCUT2D eigenvalue weighted by atomic mass is 32.1. The third-order valence-corrected chi connectivity index (χ3v) is 3.82.